The van der Waals surface area contributed by atoms with Crippen molar-refractivity contribution in [2.45, 2.75) is 32.0 Å². The van der Waals surface area contributed by atoms with Crippen molar-refractivity contribution >= 4 is 22.7 Å². The Kier molecular flexibility index (Phi) is 4.39. The molecular formula is C14H16O4S. The Balaban J connectivity index is 2.18. The molecule has 0 saturated carbocycles. The first kappa shape index (κ1) is 14.2. The average Bonchev–Trinajstić information content (AvgIpc) is 2.77. The molecule has 2 N–H and O–H groups in total. The van der Waals surface area contributed by atoms with E-state index in [1.165, 1.54) is 6.92 Å². The lowest BCUT2D eigenvalue weighted by atomic mass is 9.96. The molecule has 4 nitrogen and oxygen atoms in total. The van der Waals surface area contributed by atoms with E-state index in [0.29, 0.717) is 24.0 Å². The van der Waals surface area contributed by atoms with Crippen LogP contribution in [0.5, 0.6) is 0 Å². The highest BCUT2D eigenvalue weighted by atomic mass is 32.2. The van der Waals surface area contributed by atoms with Gasteiger partial charge in [-0.05, 0) is 17.5 Å². The Morgan fingerprint density at radius 1 is 1.37 bits per heavy atom. The number of benzene rings is 1. The van der Waals surface area contributed by atoms with Gasteiger partial charge in [-0.15, -0.1) is 0 Å². The highest BCUT2D eigenvalue weighted by Gasteiger charge is 2.27. The molecule has 19 heavy (non-hydrogen) atoms. The zero-order valence-corrected chi connectivity index (χ0v) is 11.4. The molecule has 0 saturated heterocycles. The summed E-state index contributed by atoms with van der Waals surface area (Å²) >= 11 is 0.980. The van der Waals surface area contributed by atoms with Crippen LogP contribution in [0, 0.1) is 0 Å². The lowest BCUT2D eigenvalue weighted by molar-refractivity contribution is -0.109. The second kappa shape index (κ2) is 5.86. The molecule has 2 atom stereocenters. The smallest absolute Gasteiger partial charge is 0.185 e. The van der Waals surface area contributed by atoms with Gasteiger partial charge in [-0.2, -0.15) is 0 Å². The molecule has 1 aliphatic carbocycles. The molecule has 0 heterocycles. The number of rotatable bonds is 4. The van der Waals surface area contributed by atoms with Gasteiger partial charge in [0.15, 0.2) is 10.9 Å². The molecule has 1 aliphatic rings. The van der Waals surface area contributed by atoms with Gasteiger partial charge in [0.1, 0.15) is 6.10 Å². The first-order valence-electron chi connectivity index (χ1n) is 6.15. The number of carbonyl (C=O) groups excluding carboxylic acids is 2. The Morgan fingerprint density at radius 3 is 2.79 bits per heavy atom. The maximum atomic E-state index is 11.6. The van der Waals surface area contributed by atoms with Gasteiger partial charge in [0, 0.05) is 24.7 Å². The molecule has 5 heteroatoms. The van der Waals surface area contributed by atoms with Crippen LogP contribution in [0.15, 0.2) is 18.2 Å². The van der Waals surface area contributed by atoms with Crippen molar-refractivity contribution in [2.75, 3.05) is 5.75 Å². The van der Waals surface area contributed by atoms with Gasteiger partial charge in [-0.3, -0.25) is 9.59 Å². The van der Waals surface area contributed by atoms with Crippen LogP contribution in [0.3, 0.4) is 0 Å². The van der Waals surface area contributed by atoms with Crippen LogP contribution in [0.4, 0.5) is 0 Å². The molecule has 0 bridgehead atoms. The Morgan fingerprint density at radius 2 is 2.11 bits per heavy atom. The summed E-state index contributed by atoms with van der Waals surface area (Å²) in [7, 11) is 0. The summed E-state index contributed by atoms with van der Waals surface area (Å²) in [6, 6.07) is 5.19. The van der Waals surface area contributed by atoms with E-state index in [9.17, 15) is 19.8 Å². The Labute approximate surface area is 115 Å². The van der Waals surface area contributed by atoms with Crippen LogP contribution >= 0.6 is 11.8 Å². The fraction of sp³-hybridized carbons (Fsp3) is 0.429. The lowest BCUT2D eigenvalue weighted by Crippen LogP contribution is -2.22. The molecule has 1 aromatic carbocycles. The average molecular weight is 280 g/mol. The molecule has 0 aliphatic heterocycles. The number of Topliss-reactive ketones (excluding diaryl/α,β-unsaturated/α-hetero) is 1. The van der Waals surface area contributed by atoms with Crippen molar-refractivity contribution in [2.24, 2.45) is 0 Å². The second-order valence-corrected chi connectivity index (χ2v) is 5.81. The normalized spacial score (nSPS) is 17.1. The van der Waals surface area contributed by atoms with E-state index in [1.807, 2.05) is 0 Å². The van der Waals surface area contributed by atoms with Gasteiger partial charge in [-0.25, -0.2) is 0 Å². The van der Waals surface area contributed by atoms with Crippen molar-refractivity contribution in [1.29, 1.82) is 0 Å². The third kappa shape index (κ3) is 3.05. The summed E-state index contributed by atoms with van der Waals surface area (Å²) in [5, 5.41) is 20.0. The van der Waals surface area contributed by atoms with Crippen LogP contribution in [0.1, 0.15) is 40.9 Å². The van der Waals surface area contributed by atoms with E-state index < -0.39 is 12.2 Å². The fourth-order valence-corrected chi connectivity index (χ4v) is 2.88. The first-order chi connectivity index (χ1) is 9.00. The predicted molar refractivity (Wildman–Crippen MR) is 73.2 cm³/mol. The summed E-state index contributed by atoms with van der Waals surface area (Å²) in [6.07, 6.45) is -1.02. The second-order valence-electron chi connectivity index (χ2n) is 4.61. The monoisotopic (exact) mass is 280 g/mol. The van der Waals surface area contributed by atoms with Crippen LogP contribution in [-0.2, 0) is 11.2 Å². The zero-order chi connectivity index (χ0) is 14.0. The van der Waals surface area contributed by atoms with Crippen LogP contribution in [0.2, 0.25) is 0 Å². The number of aliphatic hydroxyl groups is 2. The van der Waals surface area contributed by atoms with Crippen molar-refractivity contribution in [3.63, 3.8) is 0 Å². The number of carbonyl (C=O) groups is 2. The number of hydrogen-bond donors (Lipinski definition) is 2. The molecule has 0 aromatic heterocycles. The van der Waals surface area contributed by atoms with Gasteiger partial charge in [0.05, 0.1) is 6.10 Å². The van der Waals surface area contributed by atoms with Crippen LogP contribution in [0.25, 0.3) is 0 Å². The maximum absolute atomic E-state index is 11.6. The molecule has 2 unspecified atom stereocenters. The van der Waals surface area contributed by atoms with Gasteiger partial charge < -0.3 is 10.2 Å². The van der Waals surface area contributed by atoms with E-state index in [0.717, 1.165) is 17.3 Å². The Hall–Kier alpha value is -1.17. The molecule has 1 aromatic rings. The minimum atomic E-state index is -1.06. The molecule has 102 valence electrons. The number of thioether (sulfide) groups is 1. The number of aliphatic hydroxyl groups excluding tert-OH is 2. The Bertz CT molecular complexity index is 512. The van der Waals surface area contributed by atoms with Crippen molar-refractivity contribution in [1.82, 2.24) is 0 Å². The van der Waals surface area contributed by atoms with E-state index in [1.54, 1.807) is 18.2 Å². The molecule has 2 rings (SSSR count). The number of ketones is 1. The predicted octanol–water partition coefficient (Wildman–Crippen LogP) is 1.49. The lowest BCUT2D eigenvalue weighted by Gasteiger charge is -2.19. The standard InChI is InChI=1S/C14H16O4S/c1-8(15)19-7-13(17)14(18)11-4-2-3-10-9(11)5-6-12(10)16/h2-4,13-14,17-18H,5-7H2,1H3. The van der Waals surface area contributed by atoms with E-state index in [2.05, 4.69) is 0 Å². The van der Waals surface area contributed by atoms with E-state index in [4.69, 9.17) is 0 Å². The third-order valence-electron chi connectivity index (χ3n) is 3.26. The quantitative estimate of drug-likeness (QED) is 0.874. The van der Waals surface area contributed by atoms with Crippen LogP contribution < -0.4 is 0 Å². The molecule has 0 fully saturated rings. The topological polar surface area (TPSA) is 74.6 Å². The summed E-state index contributed by atoms with van der Waals surface area (Å²) in [5.41, 5.74) is 2.06. The summed E-state index contributed by atoms with van der Waals surface area (Å²) in [4.78, 5) is 22.5. The van der Waals surface area contributed by atoms with E-state index >= 15 is 0 Å². The van der Waals surface area contributed by atoms with Gasteiger partial charge >= 0.3 is 0 Å². The fourth-order valence-electron chi connectivity index (χ4n) is 2.30. The minimum absolute atomic E-state index is 0.0802. The largest absolute Gasteiger partial charge is 0.389 e. The van der Waals surface area contributed by atoms with Gasteiger partial charge in [0.25, 0.3) is 0 Å². The van der Waals surface area contributed by atoms with Gasteiger partial charge in [0.2, 0.25) is 0 Å². The molecule has 0 amide bonds. The van der Waals surface area contributed by atoms with Gasteiger partial charge in [-0.1, -0.05) is 30.0 Å². The number of fused-ring (bicyclic) bond motifs is 1. The summed E-state index contributed by atoms with van der Waals surface area (Å²) < 4.78 is 0. The molecule has 0 radical (unpaired) electrons. The third-order valence-corrected chi connectivity index (χ3v) is 4.17. The first-order valence-corrected chi connectivity index (χ1v) is 7.13. The maximum Gasteiger partial charge on any atom is 0.185 e. The van der Waals surface area contributed by atoms with E-state index in [-0.39, 0.29) is 16.7 Å². The molecule has 0 spiro atoms. The number of hydrogen-bond acceptors (Lipinski definition) is 5. The van der Waals surface area contributed by atoms with Crippen LogP contribution in [-0.4, -0.2) is 33.0 Å². The highest BCUT2D eigenvalue weighted by molar-refractivity contribution is 8.13. The highest BCUT2D eigenvalue weighted by Crippen LogP contribution is 2.31. The van der Waals surface area contributed by atoms with Crippen molar-refractivity contribution in [3.05, 3.63) is 34.9 Å². The minimum Gasteiger partial charge on any atom is -0.389 e. The zero-order valence-electron chi connectivity index (χ0n) is 10.6. The molecular weight excluding hydrogens is 264 g/mol. The summed E-state index contributed by atoms with van der Waals surface area (Å²) in [5.74, 6) is 0.227. The van der Waals surface area contributed by atoms with Crippen molar-refractivity contribution < 1.29 is 19.8 Å². The summed E-state index contributed by atoms with van der Waals surface area (Å²) in [6.45, 7) is 1.42. The van der Waals surface area contributed by atoms with Crippen molar-refractivity contribution in [3.8, 4) is 0 Å². The SMILES string of the molecule is CC(=O)SCC(O)C(O)c1cccc2c1CCC2=O.